The van der Waals surface area contributed by atoms with E-state index in [2.05, 4.69) is 5.32 Å². The van der Waals surface area contributed by atoms with Gasteiger partial charge >= 0.3 is 6.09 Å². The van der Waals surface area contributed by atoms with Crippen molar-refractivity contribution < 1.29 is 23.9 Å². The van der Waals surface area contributed by atoms with Gasteiger partial charge < -0.3 is 24.6 Å². The third-order valence-corrected chi connectivity index (χ3v) is 4.39. The molecule has 1 saturated heterocycles. The van der Waals surface area contributed by atoms with Gasteiger partial charge in [-0.2, -0.15) is 0 Å². The van der Waals surface area contributed by atoms with Crippen LogP contribution >= 0.6 is 0 Å². The van der Waals surface area contributed by atoms with Crippen LogP contribution in [-0.2, 0) is 14.3 Å². The molecule has 1 aliphatic heterocycles. The van der Waals surface area contributed by atoms with Gasteiger partial charge in [0.05, 0.1) is 13.7 Å². The fraction of sp³-hybridized carbons (Fsp3) is 0.450. The third-order valence-electron chi connectivity index (χ3n) is 4.39. The maximum atomic E-state index is 12.5. The van der Waals surface area contributed by atoms with Gasteiger partial charge in [-0.3, -0.25) is 9.59 Å². The molecular formula is C20H27N3O5. The smallest absolute Gasteiger partial charge is 0.409 e. The van der Waals surface area contributed by atoms with Crippen molar-refractivity contribution in [1.29, 1.82) is 0 Å². The van der Waals surface area contributed by atoms with Crippen LogP contribution in [-0.4, -0.2) is 73.6 Å². The number of methoxy groups -OCH3 is 1. The first-order chi connectivity index (χ1) is 13.4. The number of nitrogens with zero attached hydrogens (tertiary/aromatic N) is 2. The van der Waals surface area contributed by atoms with Crippen LogP contribution in [0, 0.1) is 0 Å². The fourth-order valence-electron chi connectivity index (χ4n) is 2.81. The number of amides is 3. The number of rotatable bonds is 6. The Kier molecular flexibility index (Phi) is 7.86. The molecule has 0 saturated carbocycles. The first-order valence-electron chi connectivity index (χ1n) is 9.27. The van der Waals surface area contributed by atoms with Gasteiger partial charge in [-0.1, -0.05) is 12.1 Å². The summed E-state index contributed by atoms with van der Waals surface area (Å²) < 4.78 is 10.1. The van der Waals surface area contributed by atoms with Crippen molar-refractivity contribution in [1.82, 2.24) is 15.1 Å². The van der Waals surface area contributed by atoms with E-state index in [-0.39, 0.29) is 17.9 Å². The first-order valence-corrected chi connectivity index (χ1v) is 9.27. The lowest BCUT2D eigenvalue weighted by Gasteiger charge is -2.35. The summed E-state index contributed by atoms with van der Waals surface area (Å²) in [5.74, 6) is 0.223. The van der Waals surface area contributed by atoms with Crippen LogP contribution in [0.2, 0.25) is 0 Å². The molecule has 0 radical (unpaired) electrons. The zero-order valence-electron chi connectivity index (χ0n) is 16.5. The number of carbonyl (C=O) groups excluding carboxylic acids is 3. The monoisotopic (exact) mass is 389 g/mol. The molecule has 8 heteroatoms. The molecule has 2 rings (SSSR count). The van der Waals surface area contributed by atoms with E-state index >= 15 is 0 Å². The minimum absolute atomic E-state index is 0.172. The Bertz CT molecular complexity index is 709. The van der Waals surface area contributed by atoms with E-state index < -0.39 is 6.04 Å². The highest BCUT2D eigenvalue weighted by Gasteiger charge is 2.27. The van der Waals surface area contributed by atoms with Gasteiger partial charge in [0.25, 0.3) is 0 Å². The summed E-state index contributed by atoms with van der Waals surface area (Å²) in [7, 11) is 1.59. The molecule has 1 atom stereocenters. The van der Waals surface area contributed by atoms with Gasteiger partial charge in [-0.05, 0) is 37.6 Å². The van der Waals surface area contributed by atoms with Crippen LogP contribution in [0.3, 0.4) is 0 Å². The lowest BCUT2D eigenvalue weighted by atomic mass is 10.2. The number of hydrogen-bond donors (Lipinski definition) is 1. The number of benzene rings is 1. The molecule has 1 unspecified atom stereocenters. The van der Waals surface area contributed by atoms with Gasteiger partial charge in [0.1, 0.15) is 11.8 Å². The van der Waals surface area contributed by atoms with Gasteiger partial charge in [0, 0.05) is 32.3 Å². The summed E-state index contributed by atoms with van der Waals surface area (Å²) >= 11 is 0. The van der Waals surface area contributed by atoms with Crippen LogP contribution in [0.25, 0.3) is 6.08 Å². The van der Waals surface area contributed by atoms with Crippen molar-refractivity contribution in [3.05, 3.63) is 35.9 Å². The molecule has 0 bridgehead atoms. The van der Waals surface area contributed by atoms with Crippen LogP contribution in [0.15, 0.2) is 30.3 Å². The summed E-state index contributed by atoms with van der Waals surface area (Å²) in [5.41, 5.74) is 0.852. The Balaban J connectivity index is 1.80. The zero-order valence-corrected chi connectivity index (χ0v) is 16.5. The Morgan fingerprint density at radius 1 is 1.11 bits per heavy atom. The standard InChI is InChI=1S/C20H27N3O5/c1-4-28-20(26)23-13-11-22(12-14-23)19(25)15(2)21-18(24)10-7-16-5-8-17(27-3)9-6-16/h5-10,15H,4,11-14H2,1-3H3,(H,21,24)/b10-7+. The third kappa shape index (κ3) is 6.00. The second kappa shape index (κ2) is 10.3. The van der Waals surface area contributed by atoms with Crippen LogP contribution in [0.1, 0.15) is 19.4 Å². The molecule has 152 valence electrons. The van der Waals surface area contributed by atoms with Crippen LogP contribution in [0.4, 0.5) is 4.79 Å². The normalized spacial score (nSPS) is 15.2. The van der Waals surface area contributed by atoms with Crippen molar-refractivity contribution >= 4 is 24.0 Å². The highest BCUT2D eigenvalue weighted by Crippen LogP contribution is 2.12. The quantitative estimate of drug-likeness (QED) is 0.745. The molecule has 0 spiro atoms. The molecule has 1 aromatic carbocycles. The van der Waals surface area contributed by atoms with E-state index in [1.165, 1.54) is 6.08 Å². The molecule has 1 N–H and O–H groups in total. The first kappa shape index (κ1) is 21.3. The van der Waals surface area contributed by atoms with Crippen molar-refractivity contribution in [2.24, 2.45) is 0 Å². The molecule has 0 aromatic heterocycles. The topological polar surface area (TPSA) is 88.2 Å². The van der Waals surface area contributed by atoms with Gasteiger partial charge in [-0.15, -0.1) is 0 Å². The highest BCUT2D eigenvalue weighted by atomic mass is 16.6. The predicted octanol–water partition coefficient (Wildman–Crippen LogP) is 1.51. The molecule has 1 heterocycles. The Morgan fingerprint density at radius 3 is 2.29 bits per heavy atom. The van der Waals surface area contributed by atoms with Crippen LogP contribution < -0.4 is 10.1 Å². The minimum Gasteiger partial charge on any atom is -0.497 e. The Morgan fingerprint density at radius 2 is 1.71 bits per heavy atom. The lowest BCUT2D eigenvalue weighted by Crippen LogP contribution is -2.55. The summed E-state index contributed by atoms with van der Waals surface area (Å²) in [4.78, 5) is 39.5. The number of ether oxygens (including phenoxy) is 2. The molecule has 3 amide bonds. The van der Waals surface area contributed by atoms with Gasteiger partial charge in [-0.25, -0.2) is 4.79 Å². The van der Waals surface area contributed by atoms with Crippen LogP contribution in [0.5, 0.6) is 5.75 Å². The second-order valence-corrected chi connectivity index (χ2v) is 6.35. The summed E-state index contributed by atoms with van der Waals surface area (Å²) in [5, 5.41) is 2.68. The van der Waals surface area contributed by atoms with Crippen molar-refractivity contribution in [2.45, 2.75) is 19.9 Å². The maximum Gasteiger partial charge on any atom is 0.409 e. The number of hydrogen-bond acceptors (Lipinski definition) is 5. The van der Waals surface area contributed by atoms with Crippen molar-refractivity contribution in [3.8, 4) is 5.75 Å². The van der Waals surface area contributed by atoms with Gasteiger partial charge in [0.2, 0.25) is 11.8 Å². The van der Waals surface area contributed by atoms with Crippen molar-refractivity contribution in [2.75, 3.05) is 39.9 Å². The van der Waals surface area contributed by atoms with E-state index in [1.807, 2.05) is 12.1 Å². The molecule has 1 aliphatic rings. The van der Waals surface area contributed by atoms with E-state index in [0.717, 1.165) is 11.3 Å². The van der Waals surface area contributed by atoms with Gasteiger partial charge in [0.15, 0.2) is 0 Å². The zero-order chi connectivity index (χ0) is 20.5. The van der Waals surface area contributed by atoms with E-state index in [1.54, 1.807) is 49.0 Å². The minimum atomic E-state index is -0.651. The summed E-state index contributed by atoms with van der Waals surface area (Å²) in [6.45, 7) is 5.40. The molecular weight excluding hydrogens is 362 g/mol. The molecule has 1 aromatic rings. The van der Waals surface area contributed by atoms with E-state index in [9.17, 15) is 14.4 Å². The SMILES string of the molecule is CCOC(=O)N1CCN(C(=O)C(C)NC(=O)/C=C/c2ccc(OC)cc2)CC1. The Hall–Kier alpha value is -3.03. The molecule has 28 heavy (non-hydrogen) atoms. The largest absolute Gasteiger partial charge is 0.497 e. The number of carbonyl (C=O) groups is 3. The van der Waals surface area contributed by atoms with Crippen molar-refractivity contribution in [3.63, 3.8) is 0 Å². The number of piperazine rings is 1. The summed E-state index contributed by atoms with van der Waals surface area (Å²) in [6, 6.07) is 6.63. The average Bonchev–Trinajstić information content (AvgIpc) is 2.72. The average molecular weight is 389 g/mol. The molecule has 8 nitrogen and oxygen atoms in total. The predicted molar refractivity (Wildman–Crippen MR) is 105 cm³/mol. The van der Waals surface area contributed by atoms with E-state index in [0.29, 0.717) is 32.8 Å². The second-order valence-electron chi connectivity index (χ2n) is 6.35. The maximum absolute atomic E-state index is 12.5. The lowest BCUT2D eigenvalue weighted by molar-refractivity contribution is -0.136. The summed E-state index contributed by atoms with van der Waals surface area (Å²) in [6.07, 6.45) is 2.70. The Labute approximate surface area is 165 Å². The highest BCUT2D eigenvalue weighted by molar-refractivity contribution is 5.95. The number of nitrogens with one attached hydrogen (secondary N) is 1. The fourth-order valence-corrected chi connectivity index (χ4v) is 2.81. The van der Waals surface area contributed by atoms with E-state index in [4.69, 9.17) is 9.47 Å². The molecule has 0 aliphatic carbocycles. The molecule has 1 fully saturated rings.